The smallest absolute Gasteiger partial charge is 0.326 e. The molecule has 0 aliphatic carbocycles. The fourth-order valence-electron chi connectivity index (χ4n) is 3.37. The average molecular weight is 413 g/mol. The van der Waals surface area contributed by atoms with Gasteiger partial charge in [0.2, 0.25) is 0 Å². The zero-order valence-corrected chi connectivity index (χ0v) is 16.1. The van der Waals surface area contributed by atoms with Crippen molar-refractivity contribution in [3.8, 4) is 0 Å². The van der Waals surface area contributed by atoms with Gasteiger partial charge in [-0.2, -0.15) is 0 Å². The number of carbonyl (C=O) groups is 3. The predicted octanol–water partition coefficient (Wildman–Crippen LogP) is 0.104. The molecule has 0 saturated heterocycles. The van der Waals surface area contributed by atoms with E-state index in [1.54, 1.807) is 42.7 Å². The standard InChI is InChI=1S/C20H23N5O5/c21-15(13-9-23-18-14(13)8-22-11-24-18)10-25(16(20(29)30)6-7-17(26)27)19(28)12-4-2-1-3-5-12/h1-5,8-9,15-16,22H,6-7,10-11,21H2,(H,23,24)(H,26,27)(H,29,30)/t15?,16-/m0/s1. The maximum Gasteiger partial charge on any atom is 0.326 e. The summed E-state index contributed by atoms with van der Waals surface area (Å²) in [5.74, 6) is -2.30. The van der Waals surface area contributed by atoms with Gasteiger partial charge in [0.1, 0.15) is 11.9 Å². The Morgan fingerprint density at radius 1 is 1.20 bits per heavy atom. The molecule has 0 spiro atoms. The van der Waals surface area contributed by atoms with Gasteiger partial charge in [-0.1, -0.05) is 18.2 Å². The molecule has 0 bridgehead atoms. The van der Waals surface area contributed by atoms with Crippen LogP contribution in [0.15, 0.2) is 58.9 Å². The second-order valence-corrected chi connectivity index (χ2v) is 6.89. The maximum absolute atomic E-state index is 13.1. The molecule has 6 N–H and O–H groups in total. The van der Waals surface area contributed by atoms with E-state index in [-0.39, 0.29) is 19.4 Å². The first-order chi connectivity index (χ1) is 14.4. The molecular weight excluding hydrogens is 390 g/mol. The van der Waals surface area contributed by atoms with Gasteiger partial charge in [-0.25, -0.2) is 9.79 Å². The molecule has 0 radical (unpaired) electrons. The highest BCUT2D eigenvalue weighted by Gasteiger charge is 2.34. The number of aliphatic carboxylic acids is 2. The number of benzene rings is 1. The lowest BCUT2D eigenvalue weighted by Gasteiger charge is -2.32. The van der Waals surface area contributed by atoms with Crippen LogP contribution >= 0.6 is 0 Å². The lowest BCUT2D eigenvalue weighted by Crippen LogP contribution is -2.51. The van der Waals surface area contributed by atoms with Crippen LogP contribution in [0.25, 0.3) is 0 Å². The summed E-state index contributed by atoms with van der Waals surface area (Å²) < 4.78 is 0. The Morgan fingerprint density at radius 2 is 1.93 bits per heavy atom. The molecule has 1 aromatic carbocycles. The molecule has 1 aromatic rings. The number of amidine groups is 1. The summed E-state index contributed by atoms with van der Waals surface area (Å²) in [6.45, 7) is 0.407. The highest BCUT2D eigenvalue weighted by Crippen LogP contribution is 2.23. The molecule has 158 valence electrons. The van der Waals surface area contributed by atoms with Crippen molar-refractivity contribution in [2.75, 3.05) is 13.2 Å². The SMILES string of the molecule is NC(CN(C(=O)c1ccccc1)[C@@H](CCC(=O)O)C(=O)O)C1=CN=C2NCNC=C12. The Labute approximate surface area is 172 Å². The third kappa shape index (κ3) is 4.66. The fourth-order valence-corrected chi connectivity index (χ4v) is 3.37. The van der Waals surface area contributed by atoms with Gasteiger partial charge in [0, 0.05) is 48.1 Å². The number of nitrogens with one attached hydrogen (secondary N) is 2. The maximum atomic E-state index is 13.1. The topological polar surface area (TPSA) is 157 Å². The number of nitrogens with zero attached hydrogens (tertiary/aromatic N) is 2. The fraction of sp³-hybridized carbons (Fsp3) is 0.300. The van der Waals surface area contributed by atoms with Crippen LogP contribution in [0.4, 0.5) is 0 Å². The van der Waals surface area contributed by atoms with Crippen LogP contribution < -0.4 is 16.4 Å². The van der Waals surface area contributed by atoms with E-state index in [1.165, 1.54) is 0 Å². The van der Waals surface area contributed by atoms with Crippen molar-refractivity contribution >= 4 is 23.7 Å². The molecule has 0 fully saturated rings. The van der Waals surface area contributed by atoms with Crippen molar-refractivity contribution in [3.63, 3.8) is 0 Å². The lowest BCUT2D eigenvalue weighted by molar-refractivity contribution is -0.143. The molecule has 0 aromatic heterocycles. The van der Waals surface area contributed by atoms with Crippen molar-refractivity contribution in [1.29, 1.82) is 0 Å². The molecule has 2 heterocycles. The predicted molar refractivity (Wildman–Crippen MR) is 108 cm³/mol. The quantitative estimate of drug-likeness (QED) is 0.381. The van der Waals surface area contributed by atoms with Crippen LogP contribution in [0.3, 0.4) is 0 Å². The highest BCUT2D eigenvalue weighted by molar-refractivity contribution is 6.05. The van der Waals surface area contributed by atoms with Gasteiger partial charge >= 0.3 is 11.9 Å². The number of rotatable bonds is 9. The average Bonchev–Trinajstić information content (AvgIpc) is 3.17. The minimum atomic E-state index is -1.33. The van der Waals surface area contributed by atoms with E-state index in [4.69, 9.17) is 10.8 Å². The Bertz CT molecular complexity index is 925. The second-order valence-electron chi connectivity index (χ2n) is 6.89. The molecule has 10 nitrogen and oxygen atoms in total. The van der Waals surface area contributed by atoms with E-state index in [0.717, 1.165) is 10.5 Å². The molecule has 0 saturated carbocycles. The largest absolute Gasteiger partial charge is 0.481 e. The second kappa shape index (κ2) is 9.23. The van der Waals surface area contributed by atoms with Crippen LogP contribution in [0.2, 0.25) is 0 Å². The van der Waals surface area contributed by atoms with Crippen molar-refractivity contribution in [3.05, 3.63) is 59.4 Å². The summed E-state index contributed by atoms with van der Waals surface area (Å²) in [5, 5.41) is 24.8. The van der Waals surface area contributed by atoms with Crippen molar-refractivity contribution in [1.82, 2.24) is 15.5 Å². The zero-order valence-electron chi connectivity index (χ0n) is 16.1. The summed E-state index contributed by atoms with van der Waals surface area (Å²) in [5.41, 5.74) is 8.05. The molecule has 10 heteroatoms. The monoisotopic (exact) mass is 413 g/mol. The number of aliphatic imine (C=N–C) groups is 1. The lowest BCUT2D eigenvalue weighted by atomic mass is 9.98. The minimum Gasteiger partial charge on any atom is -0.481 e. The van der Waals surface area contributed by atoms with Gasteiger partial charge in [-0.15, -0.1) is 0 Å². The highest BCUT2D eigenvalue weighted by atomic mass is 16.4. The molecule has 3 rings (SSSR count). The van der Waals surface area contributed by atoms with Gasteiger partial charge in [-0.3, -0.25) is 9.59 Å². The summed E-state index contributed by atoms with van der Waals surface area (Å²) in [4.78, 5) is 41.5. The number of hydrogen-bond donors (Lipinski definition) is 5. The number of fused-ring (bicyclic) bond motifs is 1. The molecule has 2 aliphatic heterocycles. The number of amides is 1. The van der Waals surface area contributed by atoms with E-state index in [0.29, 0.717) is 23.6 Å². The number of carboxylic acid groups (broad SMARTS) is 2. The Hall–Kier alpha value is -3.66. The molecule has 2 atom stereocenters. The van der Waals surface area contributed by atoms with E-state index in [2.05, 4.69) is 15.6 Å². The van der Waals surface area contributed by atoms with E-state index in [1.807, 2.05) is 0 Å². The van der Waals surface area contributed by atoms with E-state index >= 15 is 0 Å². The molecular formula is C20H23N5O5. The first kappa shape index (κ1) is 21.1. The normalized spacial score (nSPS) is 16.6. The number of nitrogens with two attached hydrogens (primary N) is 1. The number of hydrogen-bond acceptors (Lipinski definition) is 7. The molecule has 30 heavy (non-hydrogen) atoms. The van der Waals surface area contributed by atoms with Crippen LogP contribution in [0.1, 0.15) is 23.2 Å². The van der Waals surface area contributed by atoms with Gasteiger partial charge < -0.3 is 31.5 Å². The van der Waals surface area contributed by atoms with Crippen molar-refractivity contribution < 1.29 is 24.6 Å². The van der Waals surface area contributed by atoms with Crippen molar-refractivity contribution in [2.24, 2.45) is 10.7 Å². The van der Waals surface area contributed by atoms with Crippen LogP contribution in [-0.4, -0.2) is 64.1 Å². The van der Waals surface area contributed by atoms with E-state index in [9.17, 15) is 19.5 Å². The third-order valence-electron chi connectivity index (χ3n) is 4.87. The summed E-state index contributed by atoms with van der Waals surface area (Å²) >= 11 is 0. The zero-order chi connectivity index (χ0) is 21.7. The summed E-state index contributed by atoms with van der Waals surface area (Å²) in [7, 11) is 0. The van der Waals surface area contributed by atoms with Gasteiger partial charge in [0.05, 0.1) is 6.67 Å². The van der Waals surface area contributed by atoms with Crippen LogP contribution in [-0.2, 0) is 9.59 Å². The van der Waals surface area contributed by atoms with Crippen LogP contribution in [0.5, 0.6) is 0 Å². The van der Waals surface area contributed by atoms with Gasteiger partial charge in [0.25, 0.3) is 5.91 Å². The number of carboxylic acids is 2. The summed E-state index contributed by atoms with van der Waals surface area (Å²) in [6, 6.07) is 6.17. The Morgan fingerprint density at radius 3 is 2.60 bits per heavy atom. The van der Waals surface area contributed by atoms with E-state index < -0.39 is 29.9 Å². The first-order valence-corrected chi connectivity index (χ1v) is 9.40. The third-order valence-corrected chi connectivity index (χ3v) is 4.87. The molecule has 2 aliphatic rings. The molecule has 1 amide bonds. The Balaban J connectivity index is 1.86. The van der Waals surface area contributed by atoms with Gasteiger partial charge in [0.15, 0.2) is 0 Å². The minimum absolute atomic E-state index is 0.115. The Kier molecular flexibility index (Phi) is 6.48. The summed E-state index contributed by atoms with van der Waals surface area (Å²) in [6.07, 6.45) is 2.73. The number of carbonyl (C=O) groups excluding carboxylic acids is 1. The first-order valence-electron chi connectivity index (χ1n) is 9.40. The van der Waals surface area contributed by atoms with Crippen molar-refractivity contribution in [2.45, 2.75) is 24.9 Å². The molecule has 1 unspecified atom stereocenters. The van der Waals surface area contributed by atoms with Crippen LogP contribution in [0, 0.1) is 0 Å². The van der Waals surface area contributed by atoms with Gasteiger partial charge in [-0.05, 0) is 18.6 Å².